The van der Waals surface area contributed by atoms with Crippen molar-refractivity contribution in [1.82, 2.24) is 0 Å². The van der Waals surface area contributed by atoms with Crippen molar-refractivity contribution in [2.45, 2.75) is 29.6 Å². The number of carbonyl (C=O) groups excluding carboxylic acids is 1. The average molecular weight is 272 g/mol. The normalized spacial score (nSPS) is 26.2. The molecule has 1 aliphatic carbocycles. The molecule has 2 aliphatic rings. The highest BCUT2D eigenvalue weighted by Gasteiger charge is 2.37. The Kier molecular flexibility index (Phi) is 2.52. The smallest absolute Gasteiger partial charge is 0.309 e. The lowest BCUT2D eigenvalue weighted by atomic mass is 10.1. The molecule has 1 fully saturated rings. The summed E-state index contributed by atoms with van der Waals surface area (Å²) in [5.41, 5.74) is 0.662. The van der Waals surface area contributed by atoms with Crippen LogP contribution in [0.1, 0.15) is 30.9 Å². The Morgan fingerprint density at radius 3 is 2.82 bits per heavy atom. The maximum absolute atomic E-state index is 11.8. The fourth-order valence-electron chi connectivity index (χ4n) is 1.99. The molecule has 6 heteroatoms. The van der Waals surface area contributed by atoms with Crippen LogP contribution in [0.15, 0.2) is 15.7 Å². The van der Waals surface area contributed by atoms with Crippen LogP contribution in [0.25, 0.3) is 0 Å². The van der Waals surface area contributed by atoms with E-state index in [0.29, 0.717) is 16.2 Å². The topological polar surface area (TPSA) is 60.4 Å². The first-order valence-corrected chi connectivity index (χ1v) is 8.12. The first-order chi connectivity index (χ1) is 8.08. The molecule has 1 saturated carbocycles. The van der Waals surface area contributed by atoms with Crippen molar-refractivity contribution in [3.8, 4) is 0 Å². The highest BCUT2D eigenvalue weighted by atomic mass is 32.2. The van der Waals surface area contributed by atoms with Gasteiger partial charge in [0, 0.05) is 12.0 Å². The molecule has 4 nitrogen and oxygen atoms in total. The summed E-state index contributed by atoms with van der Waals surface area (Å²) in [6.45, 7) is 0. The SMILES string of the molecule is O=C(OC1CCS(=O)(=O)c2sccc21)C1CC1. The van der Waals surface area contributed by atoms with Gasteiger partial charge in [-0.3, -0.25) is 4.79 Å². The second-order valence-corrected chi connectivity index (χ2v) is 7.69. The third kappa shape index (κ3) is 1.99. The van der Waals surface area contributed by atoms with Crippen molar-refractivity contribution >= 4 is 27.1 Å². The number of esters is 1. The number of sulfone groups is 1. The van der Waals surface area contributed by atoms with E-state index in [2.05, 4.69) is 0 Å². The number of thiophene rings is 1. The van der Waals surface area contributed by atoms with E-state index in [4.69, 9.17) is 4.74 Å². The number of hydrogen-bond donors (Lipinski definition) is 0. The average Bonchev–Trinajstić information content (AvgIpc) is 3.00. The number of fused-ring (bicyclic) bond motifs is 1. The Morgan fingerprint density at radius 1 is 1.35 bits per heavy atom. The molecule has 1 aromatic heterocycles. The molecule has 1 unspecified atom stereocenters. The maximum atomic E-state index is 11.8. The lowest BCUT2D eigenvalue weighted by molar-refractivity contribution is -0.151. The van der Waals surface area contributed by atoms with Crippen molar-refractivity contribution in [3.05, 3.63) is 17.0 Å². The predicted molar refractivity (Wildman–Crippen MR) is 62.5 cm³/mol. The quantitative estimate of drug-likeness (QED) is 0.772. The van der Waals surface area contributed by atoms with Gasteiger partial charge in [0.1, 0.15) is 10.3 Å². The van der Waals surface area contributed by atoms with Gasteiger partial charge in [0.15, 0.2) is 9.84 Å². The maximum Gasteiger partial charge on any atom is 0.309 e. The lowest BCUT2D eigenvalue weighted by Crippen LogP contribution is -2.22. The summed E-state index contributed by atoms with van der Waals surface area (Å²) in [7, 11) is -3.14. The van der Waals surface area contributed by atoms with E-state index in [-0.39, 0.29) is 23.7 Å². The molecule has 0 aromatic carbocycles. The zero-order chi connectivity index (χ0) is 12.0. The van der Waals surface area contributed by atoms with Crippen LogP contribution in [0.3, 0.4) is 0 Å². The zero-order valence-corrected chi connectivity index (χ0v) is 10.7. The van der Waals surface area contributed by atoms with Crippen molar-refractivity contribution in [3.63, 3.8) is 0 Å². The van der Waals surface area contributed by atoms with Crippen LogP contribution in [0.4, 0.5) is 0 Å². The van der Waals surface area contributed by atoms with E-state index >= 15 is 0 Å². The van der Waals surface area contributed by atoms with E-state index < -0.39 is 9.84 Å². The summed E-state index contributed by atoms with van der Waals surface area (Å²) in [6, 6.07) is 1.75. The summed E-state index contributed by atoms with van der Waals surface area (Å²) >= 11 is 1.21. The Bertz CT molecular complexity index is 554. The van der Waals surface area contributed by atoms with Gasteiger partial charge < -0.3 is 4.74 Å². The minimum absolute atomic E-state index is 0.0515. The Morgan fingerprint density at radius 2 is 2.12 bits per heavy atom. The second-order valence-electron chi connectivity index (χ2n) is 4.47. The van der Waals surface area contributed by atoms with Crippen LogP contribution in [0.2, 0.25) is 0 Å². The molecule has 3 rings (SSSR count). The Labute approximate surface area is 104 Å². The summed E-state index contributed by atoms with van der Waals surface area (Å²) in [5, 5.41) is 1.74. The van der Waals surface area contributed by atoms with Crippen molar-refractivity contribution in [2.24, 2.45) is 5.92 Å². The fraction of sp³-hybridized carbons (Fsp3) is 0.545. The van der Waals surface area contributed by atoms with Gasteiger partial charge in [-0.15, -0.1) is 11.3 Å². The largest absolute Gasteiger partial charge is 0.457 e. The predicted octanol–water partition coefficient (Wildman–Crippen LogP) is 1.92. The van der Waals surface area contributed by atoms with Gasteiger partial charge in [-0.05, 0) is 24.3 Å². The first kappa shape index (κ1) is 11.2. The summed E-state index contributed by atoms with van der Waals surface area (Å²) < 4.78 is 29.3. The Hall–Kier alpha value is -0.880. The lowest BCUT2D eigenvalue weighted by Gasteiger charge is -2.22. The Balaban J connectivity index is 1.86. The number of rotatable bonds is 2. The summed E-state index contributed by atoms with van der Waals surface area (Å²) in [6.07, 6.45) is 1.82. The molecule has 1 aliphatic heterocycles. The van der Waals surface area contributed by atoms with Crippen molar-refractivity contribution in [2.75, 3.05) is 5.75 Å². The first-order valence-electron chi connectivity index (χ1n) is 5.58. The molecule has 0 radical (unpaired) electrons. The summed E-state index contributed by atoms with van der Waals surface area (Å²) in [5.74, 6) is -0.0505. The number of ether oxygens (including phenoxy) is 1. The van der Waals surface area contributed by atoms with Gasteiger partial charge >= 0.3 is 5.97 Å². The highest BCUT2D eigenvalue weighted by molar-refractivity contribution is 7.93. The van der Waals surface area contributed by atoms with Crippen LogP contribution >= 0.6 is 11.3 Å². The molecule has 1 aromatic rings. The molecule has 0 N–H and O–H groups in total. The number of hydrogen-bond acceptors (Lipinski definition) is 5. The van der Waals surface area contributed by atoms with E-state index in [1.165, 1.54) is 11.3 Å². The molecular weight excluding hydrogens is 260 g/mol. The van der Waals surface area contributed by atoms with E-state index in [1.807, 2.05) is 0 Å². The van der Waals surface area contributed by atoms with E-state index in [0.717, 1.165) is 12.8 Å². The molecule has 0 amide bonds. The molecular formula is C11H12O4S2. The monoisotopic (exact) mass is 272 g/mol. The van der Waals surface area contributed by atoms with Gasteiger partial charge in [-0.2, -0.15) is 0 Å². The van der Waals surface area contributed by atoms with Gasteiger partial charge in [0.25, 0.3) is 0 Å². The third-order valence-electron chi connectivity index (χ3n) is 3.11. The van der Waals surface area contributed by atoms with Gasteiger partial charge in [-0.1, -0.05) is 0 Å². The van der Waals surface area contributed by atoms with Gasteiger partial charge in [0.05, 0.1) is 11.7 Å². The molecule has 1 atom stereocenters. The van der Waals surface area contributed by atoms with Gasteiger partial charge in [-0.25, -0.2) is 8.42 Å². The van der Waals surface area contributed by atoms with Crippen LogP contribution in [-0.4, -0.2) is 20.1 Å². The van der Waals surface area contributed by atoms with E-state index in [9.17, 15) is 13.2 Å². The van der Waals surface area contributed by atoms with Crippen molar-refractivity contribution in [1.29, 1.82) is 0 Å². The molecule has 17 heavy (non-hydrogen) atoms. The van der Waals surface area contributed by atoms with Crippen LogP contribution in [-0.2, 0) is 19.4 Å². The summed E-state index contributed by atoms with van der Waals surface area (Å²) in [4.78, 5) is 11.6. The van der Waals surface area contributed by atoms with Gasteiger partial charge in [0.2, 0.25) is 0 Å². The standard InChI is InChI=1S/C11H12O4S2/c12-10(7-1-2-7)15-9-4-6-17(13,14)11-8(9)3-5-16-11/h3,5,7,9H,1-2,4,6H2. The minimum atomic E-state index is -3.14. The van der Waals surface area contributed by atoms with Crippen molar-refractivity contribution < 1.29 is 17.9 Å². The van der Waals surface area contributed by atoms with Crippen LogP contribution < -0.4 is 0 Å². The minimum Gasteiger partial charge on any atom is -0.457 e. The van der Waals surface area contributed by atoms with Crippen LogP contribution in [0.5, 0.6) is 0 Å². The molecule has 0 spiro atoms. The fourth-order valence-corrected chi connectivity index (χ4v) is 4.93. The van der Waals surface area contributed by atoms with Crippen LogP contribution in [0, 0.1) is 5.92 Å². The third-order valence-corrected chi connectivity index (χ3v) is 6.45. The molecule has 2 heterocycles. The number of carbonyl (C=O) groups is 1. The zero-order valence-electron chi connectivity index (χ0n) is 9.09. The molecule has 92 valence electrons. The second kappa shape index (κ2) is 3.81. The van der Waals surface area contributed by atoms with E-state index in [1.54, 1.807) is 11.4 Å². The molecule has 0 bridgehead atoms. The highest BCUT2D eigenvalue weighted by Crippen LogP contribution is 2.40. The molecule has 0 saturated heterocycles.